The number of aromatic nitrogens is 1. The Hall–Kier alpha value is -1.92. The van der Waals surface area contributed by atoms with E-state index in [0.717, 1.165) is 35.3 Å². The van der Waals surface area contributed by atoms with Crippen molar-refractivity contribution < 1.29 is 9.53 Å². The summed E-state index contributed by atoms with van der Waals surface area (Å²) < 4.78 is 5.96. The van der Waals surface area contributed by atoms with Crippen LogP contribution in [-0.4, -0.2) is 31.2 Å². The van der Waals surface area contributed by atoms with E-state index in [1.54, 1.807) is 19.4 Å². The normalized spacial score (nSPS) is 10.3. The molecule has 0 unspecified atom stereocenters. The number of benzene rings is 1. The number of methoxy groups -OCH3 is 1. The van der Waals surface area contributed by atoms with E-state index in [4.69, 9.17) is 4.74 Å². The zero-order valence-electron chi connectivity index (χ0n) is 13.0. The number of halogens is 1. The minimum Gasteiger partial charge on any atom is -0.385 e. The Morgan fingerprint density at radius 3 is 2.87 bits per heavy atom. The van der Waals surface area contributed by atoms with Crippen LogP contribution in [0, 0.1) is 0 Å². The molecule has 23 heavy (non-hydrogen) atoms. The van der Waals surface area contributed by atoms with Crippen molar-refractivity contribution in [1.29, 1.82) is 0 Å². The van der Waals surface area contributed by atoms with E-state index < -0.39 is 0 Å². The van der Waals surface area contributed by atoms with Crippen LogP contribution in [0.1, 0.15) is 12.0 Å². The van der Waals surface area contributed by atoms with Crippen molar-refractivity contribution in [3.8, 4) is 0 Å². The molecule has 1 aromatic heterocycles. The topological polar surface area (TPSA) is 63.2 Å². The standard InChI is InChI=1S/C17H20BrN3O2/c1-23-9-3-8-19-15-6-7-16(20-12-15)21-17(22)11-13-4-2-5-14(18)10-13/h2,4-7,10,12,19H,3,8-9,11H2,1H3,(H,20,21,22). The number of carbonyl (C=O) groups is 1. The molecule has 1 amide bonds. The highest BCUT2D eigenvalue weighted by molar-refractivity contribution is 9.10. The summed E-state index contributed by atoms with van der Waals surface area (Å²) in [5, 5.41) is 6.05. The van der Waals surface area contributed by atoms with Crippen molar-refractivity contribution in [2.75, 3.05) is 30.9 Å². The first-order chi connectivity index (χ1) is 11.2. The molecule has 0 spiro atoms. The summed E-state index contributed by atoms with van der Waals surface area (Å²) in [4.78, 5) is 16.3. The molecule has 0 radical (unpaired) electrons. The number of amides is 1. The highest BCUT2D eigenvalue weighted by Gasteiger charge is 2.05. The highest BCUT2D eigenvalue weighted by Crippen LogP contribution is 2.13. The van der Waals surface area contributed by atoms with Crippen LogP contribution in [0.5, 0.6) is 0 Å². The zero-order valence-corrected chi connectivity index (χ0v) is 14.6. The second kappa shape index (κ2) is 9.27. The minimum absolute atomic E-state index is 0.0867. The molecule has 2 N–H and O–H groups in total. The third-order valence-electron chi connectivity index (χ3n) is 3.14. The molecule has 122 valence electrons. The predicted octanol–water partition coefficient (Wildman–Crippen LogP) is 3.47. The Morgan fingerprint density at radius 1 is 1.30 bits per heavy atom. The van der Waals surface area contributed by atoms with E-state index in [-0.39, 0.29) is 5.91 Å². The number of carbonyl (C=O) groups excluding carboxylic acids is 1. The van der Waals surface area contributed by atoms with Gasteiger partial charge in [0.2, 0.25) is 5.91 Å². The van der Waals surface area contributed by atoms with Gasteiger partial charge in [-0.3, -0.25) is 4.79 Å². The minimum atomic E-state index is -0.0867. The van der Waals surface area contributed by atoms with E-state index in [9.17, 15) is 4.79 Å². The molecule has 1 aromatic carbocycles. The van der Waals surface area contributed by atoms with E-state index in [2.05, 4.69) is 31.5 Å². The van der Waals surface area contributed by atoms with Crippen molar-refractivity contribution in [1.82, 2.24) is 4.98 Å². The van der Waals surface area contributed by atoms with Gasteiger partial charge in [-0.05, 0) is 36.2 Å². The van der Waals surface area contributed by atoms with Gasteiger partial charge in [0.15, 0.2) is 0 Å². The molecule has 6 heteroatoms. The molecule has 0 aliphatic rings. The van der Waals surface area contributed by atoms with Crippen LogP contribution >= 0.6 is 15.9 Å². The van der Waals surface area contributed by atoms with Crippen molar-refractivity contribution in [2.45, 2.75) is 12.8 Å². The maximum absolute atomic E-state index is 12.0. The molecule has 2 aromatic rings. The number of anilines is 2. The lowest BCUT2D eigenvalue weighted by molar-refractivity contribution is -0.115. The van der Waals surface area contributed by atoms with Gasteiger partial charge >= 0.3 is 0 Å². The van der Waals surface area contributed by atoms with Gasteiger partial charge in [-0.25, -0.2) is 4.98 Å². The van der Waals surface area contributed by atoms with Crippen LogP contribution < -0.4 is 10.6 Å². The lowest BCUT2D eigenvalue weighted by Gasteiger charge is -2.08. The summed E-state index contributed by atoms with van der Waals surface area (Å²) in [6.07, 6.45) is 2.96. The van der Waals surface area contributed by atoms with E-state index >= 15 is 0 Å². The quantitative estimate of drug-likeness (QED) is 0.691. The van der Waals surface area contributed by atoms with Crippen LogP contribution in [0.15, 0.2) is 47.1 Å². The number of nitrogens with zero attached hydrogens (tertiary/aromatic N) is 1. The van der Waals surface area contributed by atoms with Crippen LogP contribution in [-0.2, 0) is 16.0 Å². The van der Waals surface area contributed by atoms with Crippen molar-refractivity contribution in [3.05, 3.63) is 52.6 Å². The van der Waals surface area contributed by atoms with Crippen LogP contribution in [0.2, 0.25) is 0 Å². The fourth-order valence-electron chi connectivity index (χ4n) is 2.04. The van der Waals surface area contributed by atoms with Crippen molar-refractivity contribution in [2.24, 2.45) is 0 Å². The van der Waals surface area contributed by atoms with Gasteiger partial charge in [-0.1, -0.05) is 28.1 Å². The molecule has 0 aliphatic heterocycles. The Labute approximate surface area is 144 Å². The molecule has 0 bridgehead atoms. The van der Waals surface area contributed by atoms with Crippen LogP contribution in [0.4, 0.5) is 11.5 Å². The average Bonchev–Trinajstić information content (AvgIpc) is 2.53. The van der Waals surface area contributed by atoms with Gasteiger partial charge < -0.3 is 15.4 Å². The van der Waals surface area contributed by atoms with Gasteiger partial charge in [-0.2, -0.15) is 0 Å². The summed E-state index contributed by atoms with van der Waals surface area (Å²) in [6.45, 7) is 1.55. The first-order valence-electron chi connectivity index (χ1n) is 7.40. The largest absolute Gasteiger partial charge is 0.385 e. The summed E-state index contributed by atoms with van der Waals surface area (Å²) in [6, 6.07) is 11.4. The van der Waals surface area contributed by atoms with Crippen molar-refractivity contribution >= 4 is 33.3 Å². The molecular formula is C17H20BrN3O2. The maximum atomic E-state index is 12.0. The molecule has 5 nitrogen and oxygen atoms in total. The molecule has 0 fully saturated rings. The SMILES string of the molecule is COCCCNc1ccc(NC(=O)Cc2cccc(Br)c2)nc1. The molecule has 0 atom stereocenters. The second-order valence-corrected chi connectivity index (χ2v) is 5.98. The highest BCUT2D eigenvalue weighted by atomic mass is 79.9. The van der Waals surface area contributed by atoms with E-state index in [1.807, 2.05) is 30.3 Å². The third-order valence-corrected chi connectivity index (χ3v) is 3.63. The van der Waals surface area contributed by atoms with Crippen LogP contribution in [0.25, 0.3) is 0 Å². The maximum Gasteiger partial charge on any atom is 0.229 e. The summed E-state index contributed by atoms with van der Waals surface area (Å²) in [7, 11) is 1.69. The van der Waals surface area contributed by atoms with Gasteiger partial charge in [0.05, 0.1) is 18.3 Å². The second-order valence-electron chi connectivity index (χ2n) is 5.06. The van der Waals surface area contributed by atoms with Gasteiger partial charge in [-0.15, -0.1) is 0 Å². The fraction of sp³-hybridized carbons (Fsp3) is 0.294. The average molecular weight is 378 g/mol. The first-order valence-corrected chi connectivity index (χ1v) is 8.20. The number of ether oxygens (including phenoxy) is 1. The molecule has 2 rings (SSSR count). The van der Waals surface area contributed by atoms with Crippen molar-refractivity contribution in [3.63, 3.8) is 0 Å². The number of nitrogens with one attached hydrogen (secondary N) is 2. The summed E-state index contributed by atoms with van der Waals surface area (Å²) >= 11 is 3.40. The zero-order chi connectivity index (χ0) is 16.5. The van der Waals surface area contributed by atoms with E-state index in [1.165, 1.54) is 0 Å². The molecule has 0 saturated carbocycles. The van der Waals surface area contributed by atoms with Gasteiger partial charge in [0, 0.05) is 24.7 Å². The Kier molecular flexibility index (Phi) is 7.03. The molecule has 0 aliphatic carbocycles. The molecule has 0 saturated heterocycles. The van der Waals surface area contributed by atoms with Crippen LogP contribution in [0.3, 0.4) is 0 Å². The monoisotopic (exact) mass is 377 g/mol. The third kappa shape index (κ3) is 6.38. The number of hydrogen-bond acceptors (Lipinski definition) is 4. The Morgan fingerprint density at radius 2 is 2.17 bits per heavy atom. The smallest absolute Gasteiger partial charge is 0.229 e. The fourth-order valence-corrected chi connectivity index (χ4v) is 2.49. The summed E-state index contributed by atoms with van der Waals surface area (Å²) in [5.41, 5.74) is 1.87. The number of rotatable bonds is 8. The predicted molar refractivity (Wildman–Crippen MR) is 95.7 cm³/mol. The molecular weight excluding hydrogens is 358 g/mol. The summed E-state index contributed by atoms with van der Waals surface area (Å²) in [5.74, 6) is 0.462. The van der Waals surface area contributed by atoms with Gasteiger partial charge in [0.1, 0.15) is 5.82 Å². The Balaban J connectivity index is 1.81. The molecule has 1 heterocycles. The lowest BCUT2D eigenvalue weighted by atomic mass is 10.1. The van der Waals surface area contributed by atoms with E-state index in [0.29, 0.717) is 12.2 Å². The van der Waals surface area contributed by atoms with Gasteiger partial charge in [0.25, 0.3) is 0 Å². The number of pyridine rings is 1. The number of hydrogen-bond donors (Lipinski definition) is 2. The Bertz CT molecular complexity index is 632. The lowest BCUT2D eigenvalue weighted by Crippen LogP contribution is -2.15. The first kappa shape index (κ1) is 17.4.